The number of hydrogen-bond donors (Lipinski definition) is 1. The third-order valence-corrected chi connectivity index (χ3v) is 2.31. The van der Waals surface area contributed by atoms with Gasteiger partial charge >= 0.3 is 5.97 Å². The third-order valence-electron chi connectivity index (χ3n) is 2.31. The van der Waals surface area contributed by atoms with Crippen LogP contribution in [0.3, 0.4) is 0 Å². The van der Waals surface area contributed by atoms with Crippen molar-refractivity contribution in [2.45, 2.75) is 46.1 Å². The van der Waals surface area contributed by atoms with Crippen LogP contribution in [-0.4, -0.2) is 20.9 Å². The van der Waals surface area contributed by atoms with Crippen molar-refractivity contribution in [2.24, 2.45) is 0 Å². The largest absolute Gasteiger partial charge is 0.476 e. The zero-order valence-corrected chi connectivity index (χ0v) is 9.36. The van der Waals surface area contributed by atoms with Gasteiger partial charge in [0.15, 0.2) is 5.69 Å². The lowest BCUT2D eigenvalue weighted by molar-refractivity contribution is 0.0689. The molecular weight excluding hydrogens is 192 g/mol. The number of carboxylic acid groups (broad SMARTS) is 1. The maximum absolute atomic E-state index is 10.8. The lowest BCUT2D eigenvalue weighted by Gasteiger charge is -2.04. The molecule has 4 heteroatoms. The standard InChI is InChI=1S/C11H18N2O2/c1-3-5-7-13-9(6-4-2)8-10(12-13)11(14)15/h8H,3-7H2,1-2H3,(H,14,15). The van der Waals surface area contributed by atoms with Gasteiger partial charge in [-0.15, -0.1) is 0 Å². The highest BCUT2D eigenvalue weighted by Crippen LogP contribution is 2.09. The minimum absolute atomic E-state index is 0.162. The number of carbonyl (C=O) groups is 1. The number of rotatable bonds is 6. The highest BCUT2D eigenvalue weighted by atomic mass is 16.4. The van der Waals surface area contributed by atoms with E-state index in [4.69, 9.17) is 5.11 Å². The Bertz CT molecular complexity index is 331. The second kappa shape index (κ2) is 5.53. The lowest BCUT2D eigenvalue weighted by Crippen LogP contribution is -2.06. The highest BCUT2D eigenvalue weighted by molar-refractivity contribution is 5.85. The summed E-state index contributed by atoms with van der Waals surface area (Å²) in [6, 6.07) is 1.68. The van der Waals surface area contributed by atoms with E-state index in [0.717, 1.165) is 37.9 Å². The fraction of sp³-hybridized carbons (Fsp3) is 0.636. The maximum Gasteiger partial charge on any atom is 0.356 e. The Hall–Kier alpha value is -1.32. The van der Waals surface area contributed by atoms with Gasteiger partial charge in [0.25, 0.3) is 0 Å². The summed E-state index contributed by atoms with van der Waals surface area (Å²) in [7, 11) is 0. The molecule has 0 saturated heterocycles. The molecule has 0 aliphatic heterocycles. The van der Waals surface area contributed by atoms with E-state index in [0.29, 0.717) is 0 Å². The zero-order valence-electron chi connectivity index (χ0n) is 9.36. The predicted octanol–water partition coefficient (Wildman–Crippen LogP) is 2.33. The summed E-state index contributed by atoms with van der Waals surface area (Å²) in [5, 5.41) is 12.9. The van der Waals surface area contributed by atoms with E-state index in [1.54, 1.807) is 6.07 Å². The van der Waals surface area contributed by atoms with E-state index in [2.05, 4.69) is 18.9 Å². The number of aromatic carboxylic acids is 1. The number of aryl methyl sites for hydroxylation is 2. The fourth-order valence-electron chi connectivity index (χ4n) is 1.52. The van der Waals surface area contributed by atoms with Crippen LogP contribution in [0.1, 0.15) is 49.3 Å². The Morgan fingerprint density at radius 1 is 1.47 bits per heavy atom. The number of nitrogens with zero attached hydrogens (tertiary/aromatic N) is 2. The van der Waals surface area contributed by atoms with Gasteiger partial charge in [0.2, 0.25) is 0 Å². The van der Waals surface area contributed by atoms with Gasteiger partial charge in [0, 0.05) is 12.2 Å². The number of aromatic nitrogens is 2. The summed E-state index contributed by atoms with van der Waals surface area (Å²) in [6.45, 7) is 5.01. The van der Waals surface area contributed by atoms with Gasteiger partial charge in [0.05, 0.1) is 0 Å². The molecule has 15 heavy (non-hydrogen) atoms. The van der Waals surface area contributed by atoms with Crippen molar-refractivity contribution in [1.29, 1.82) is 0 Å². The average molecular weight is 210 g/mol. The molecule has 0 radical (unpaired) electrons. The highest BCUT2D eigenvalue weighted by Gasteiger charge is 2.11. The molecule has 0 spiro atoms. The van der Waals surface area contributed by atoms with Crippen molar-refractivity contribution in [3.8, 4) is 0 Å². The van der Waals surface area contributed by atoms with E-state index < -0.39 is 5.97 Å². The molecule has 0 atom stereocenters. The molecule has 84 valence electrons. The second-order valence-electron chi connectivity index (χ2n) is 3.65. The predicted molar refractivity (Wildman–Crippen MR) is 58.1 cm³/mol. The quantitative estimate of drug-likeness (QED) is 0.784. The number of carboxylic acids is 1. The Labute approximate surface area is 89.9 Å². The molecule has 0 aromatic carbocycles. The molecular formula is C11H18N2O2. The summed E-state index contributed by atoms with van der Waals surface area (Å²) in [4.78, 5) is 10.8. The van der Waals surface area contributed by atoms with E-state index >= 15 is 0 Å². The van der Waals surface area contributed by atoms with Crippen LogP contribution < -0.4 is 0 Å². The van der Waals surface area contributed by atoms with Crippen LogP contribution in [0.2, 0.25) is 0 Å². The van der Waals surface area contributed by atoms with Gasteiger partial charge in [-0.3, -0.25) is 4.68 Å². The van der Waals surface area contributed by atoms with E-state index in [9.17, 15) is 4.79 Å². The molecule has 0 aliphatic rings. The van der Waals surface area contributed by atoms with Gasteiger partial charge < -0.3 is 5.11 Å². The summed E-state index contributed by atoms with van der Waals surface area (Å²) < 4.78 is 1.83. The Balaban J connectivity index is 2.84. The van der Waals surface area contributed by atoms with Gasteiger partial charge in [0.1, 0.15) is 0 Å². The molecule has 0 bridgehead atoms. The minimum Gasteiger partial charge on any atom is -0.476 e. The Morgan fingerprint density at radius 2 is 2.20 bits per heavy atom. The molecule has 0 amide bonds. The minimum atomic E-state index is -0.942. The smallest absolute Gasteiger partial charge is 0.356 e. The van der Waals surface area contributed by atoms with Crippen molar-refractivity contribution in [3.05, 3.63) is 17.5 Å². The molecule has 1 heterocycles. The molecule has 0 unspecified atom stereocenters. The summed E-state index contributed by atoms with van der Waals surface area (Å²) in [5.74, 6) is -0.942. The first-order chi connectivity index (χ1) is 7.19. The molecule has 1 aromatic rings. The van der Waals surface area contributed by atoms with E-state index in [-0.39, 0.29) is 5.69 Å². The van der Waals surface area contributed by atoms with E-state index in [1.165, 1.54) is 0 Å². The maximum atomic E-state index is 10.8. The van der Waals surface area contributed by atoms with Crippen molar-refractivity contribution < 1.29 is 9.90 Å². The second-order valence-corrected chi connectivity index (χ2v) is 3.65. The first-order valence-corrected chi connectivity index (χ1v) is 5.49. The molecule has 4 nitrogen and oxygen atoms in total. The van der Waals surface area contributed by atoms with Gasteiger partial charge in [-0.25, -0.2) is 4.79 Å². The first-order valence-electron chi connectivity index (χ1n) is 5.49. The Kier molecular flexibility index (Phi) is 4.34. The molecule has 1 aromatic heterocycles. The van der Waals surface area contributed by atoms with Crippen molar-refractivity contribution in [2.75, 3.05) is 0 Å². The van der Waals surface area contributed by atoms with Crippen LogP contribution in [0, 0.1) is 0 Å². The topological polar surface area (TPSA) is 55.1 Å². The van der Waals surface area contributed by atoms with Crippen LogP contribution in [-0.2, 0) is 13.0 Å². The van der Waals surface area contributed by atoms with Crippen LogP contribution in [0.5, 0.6) is 0 Å². The van der Waals surface area contributed by atoms with Crippen LogP contribution in [0.15, 0.2) is 6.07 Å². The lowest BCUT2D eigenvalue weighted by atomic mass is 10.2. The molecule has 1 N–H and O–H groups in total. The molecule has 0 saturated carbocycles. The summed E-state index contributed by atoms with van der Waals surface area (Å²) in [5.41, 5.74) is 1.19. The van der Waals surface area contributed by atoms with Crippen LogP contribution >= 0.6 is 0 Å². The summed E-state index contributed by atoms with van der Waals surface area (Å²) >= 11 is 0. The normalized spacial score (nSPS) is 10.5. The third kappa shape index (κ3) is 3.08. The van der Waals surface area contributed by atoms with Gasteiger partial charge in [-0.05, 0) is 18.9 Å². The SMILES string of the molecule is CCCCn1nc(C(=O)O)cc1CCC. The Morgan fingerprint density at radius 3 is 2.73 bits per heavy atom. The van der Waals surface area contributed by atoms with Gasteiger partial charge in [-0.2, -0.15) is 5.10 Å². The zero-order chi connectivity index (χ0) is 11.3. The molecule has 0 fully saturated rings. The molecule has 1 rings (SSSR count). The monoisotopic (exact) mass is 210 g/mol. The van der Waals surface area contributed by atoms with E-state index in [1.807, 2.05) is 4.68 Å². The van der Waals surface area contributed by atoms with Gasteiger partial charge in [-0.1, -0.05) is 26.7 Å². The fourth-order valence-corrected chi connectivity index (χ4v) is 1.52. The van der Waals surface area contributed by atoms with Crippen LogP contribution in [0.25, 0.3) is 0 Å². The summed E-state index contributed by atoms with van der Waals surface area (Å²) in [6.07, 6.45) is 4.03. The van der Waals surface area contributed by atoms with Crippen molar-refractivity contribution in [1.82, 2.24) is 9.78 Å². The van der Waals surface area contributed by atoms with Crippen LogP contribution in [0.4, 0.5) is 0 Å². The van der Waals surface area contributed by atoms with Crippen molar-refractivity contribution >= 4 is 5.97 Å². The van der Waals surface area contributed by atoms with Crippen molar-refractivity contribution in [3.63, 3.8) is 0 Å². The number of unbranched alkanes of at least 4 members (excludes halogenated alkanes) is 1. The number of hydrogen-bond acceptors (Lipinski definition) is 2. The molecule has 0 aliphatic carbocycles. The first kappa shape index (κ1) is 11.8. The average Bonchev–Trinajstić information content (AvgIpc) is 2.59.